The summed E-state index contributed by atoms with van der Waals surface area (Å²) in [6, 6.07) is 4.41. The lowest BCUT2D eigenvalue weighted by molar-refractivity contribution is -0.274. The Labute approximate surface area is 125 Å². The molecule has 5 nitrogen and oxygen atoms in total. The predicted molar refractivity (Wildman–Crippen MR) is 73.4 cm³/mol. The third kappa shape index (κ3) is 6.96. The van der Waals surface area contributed by atoms with Gasteiger partial charge in [0.2, 0.25) is 5.91 Å². The van der Waals surface area contributed by atoms with Crippen LogP contribution < -0.4 is 15.4 Å². The Balaban J connectivity index is 2.54. The van der Waals surface area contributed by atoms with Crippen LogP contribution in [0.1, 0.15) is 31.1 Å². The largest absolute Gasteiger partial charge is 0.573 e. The van der Waals surface area contributed by atoms with E-state index in [2.05, 4.69) is 15.4 Å². The molecule has 0 spiro atoms. The predicted octanol–water partition coefficient (Wildman–Crippen LogP) is 2.23. The van der Waals surface area contributed by atoms with Gasteiger partial charge in [0, 0.05) is 11.1 Å². The summed E-state index contributed by atoms with van der Waals surface area (Å²) >= 11 is 0. The van der Waals surface area contributed by atoms with E-state index in [9.17, 15) is 22.8 Å². The second kappa shape index (κ2) is 6.67. The molecule has 0 atom stereocenters. The van der Waals surface area contributed by atoms with Crippen LogP contribution in [0.5, 0.6) is 5.75 Å². The molecule has 8 heteroatoms. The number of carbonyl (C=O) groups is 2. The Bertz CT molecular complexity index is 534. The zero-order valence-electron chi connectivity index (χ0n) is 12.4. The summed E-state index contributed by atoms with van der Waals surface area (Å²) in [5, 5.41) is 5.04. The van der Waals surface area contributed by atoms with Crippen molar-refractivity contribution < 1.29 is 27.5 Å². The third-order valence-corrected chi connectivity index (χ3v) is 2.27. The Kier molecular flexibility index (Phi) is 5.40. The second-order valence-corrected chi connectivity index (χ2v) is 5.55. The molecule has 2 N–H and O–H groups in total. The lowest BCUT2D eigenvalue weighted by Gasteiger charge is -2.20. The molecule has 1 aromatic rings. The first kappa shape index (κ1) is 17.8. The zero-order valence-corrected chi connectivity index (χ0v) is 12.4. The maximum atomic E-state index is 12.0. The number of benzene rings is 1. The summed E-state index contributed by atoms with van der Waals surface area (Å²) in [4.78, 5) is 23.3. The first-order valence-electron chi connectivity index (χ1n) is 6.41. The summed E-state index contributed by atoms with van der Waals surface area (Å²) in [7, 11) is 0. The van der Waals surface area contributed by atoms with Crippen LogP contribution in [-0.2, 0) is 4.79 Å². The van der Waals surface area contributed by atoms with E-state index in [1.807, 2.05) is 0 Å². The van der Waals surface area contributed by atoms with E-state index in [1.54, 1.807) is 20.8 Å². The molecular weight excluding hydrogens is 301 g/mol. The summed E-state index contributed by atoms with van der Waals surface area (Å²) in [6.45, 7) is 5.17. The highest BCUT2D eigenvalue weighted by Crippen LogP contribution is 2.22. The molecule has 0 radical (unpaired) electrons. The third-order valence-electron chi connectivity index (χ3n) is 2.27. The van der Waals surface area contributed by atoms with E-state index in [4.69, 9.17) is 0 Å². The number of alkyl halides is 3. The first-order valence-corrected chi connectivity index (χ1v) is 6.41. The van der Waals surface area contributed by atoms with Crippen LogP contribution in [0.4, 0.5) is 13.2 Å². The first-order chi connectivity index (χ1) is 9.96. The van der Waals surface area contributed by atoms with Gasteiger partial charge in [0.15, 0.2) is 0 Å². The summed E-state index contributed by atoms with van der Waals surface area (Å²) in [5.41, 5.74) is -0.295. The van der Waals surface area contributed by atoms with Gasteiger partial charge in [-0.3, -0.25) is 9.59 Å². The van der Waals surface area contributed by atoms with Crippen molar-refractivity contribution in [3.8, 4) is 5.75 Å². The minimum Gasteiger partial charge on any atom is -0.406 e. The molecule has 0 bridgehead atoms. The Morgan fingerprint density at radius 3 is 2.09 bits per heavy atom. The van der Waals surface area contributed by atoms with Crippen molar-refractivity contribution in [2.24, 2.45) is 0 Å². The normalized spacial score (nSPS) is 11.7. The lowest BCUT2D eigenvalue weighted by Crippen LogP contribution is -2.45. The van der Waals surface area contributed by atoms with E-state index in [1.165, 1.54) is 12.1 Å². The molecule has 0 aliphatic heterocycles. The van der Waals surface area contributed by atoms with Crippen LogP contribution in [0.3, 0.4) is 0 Å². The topological polar surface area (TPSA) is 67.4 Å². The molecule has 22 heavy (non-hydrogen) atoms. The van der Waals surface area contributed by atoms with Gasteiger partial charge in [-0.2, -0.15) is 0 Å². The van der Waals surface area contributed by atoms with Crippen molar-refractivity contribution in [3.63, 3.8) is 0 Å². The molecule has 1 aromatic carbocycles. The number of rotatable bonds is 4. The lowest BCUT2D eigenvalue weighted by atomic mass is 10.1. The number of hydrogen-bond acceptors (Lipinski definition) is 3. The molecule has 0 saturated carbocycles. The van der Waals surface area contributed by atoms with Crippen molar-refractivity contribution in [1.82, 2.24) is 10.6 Å². The van der Waals surface area contributed by atoms with Crippen LogP contribution in [0.25, 0.3) is 0 Å². The van der Waals surface area contributed by atoms with E-state index < -0.39 is 23.6 Å². The zero-order chi connectivity index (χ0) is 17.0. The SMILES string of the molecule is CC(C)(C)NC(=O)CNC(=O)c1ccc(OC(F)(F)F)cc1. The number of nitrogens with one attached hydrogen (secondary N) is 2. The van der Waals surface area contributed by atoms with Gasteiger partial charge in [0.25, 0.3) is 5.91 Å². The molecular formula is C14H17F3N2O3. The summed E-state index contributed by atoms with van der Waals surface area (Å²) < 4.78 is 39.7. The average Bonchev–Trinajstić information content (AvgIpc) is 2.33. The van der Waals surface area contributed by atoms with Gasteiger partial charge in [0.05, 0.1) is 6.54 Å². The van der Waals surface area contributed by atoms with Gasteiger partial charge in [-0.25, -0.2) is 0 Å². The Morgan fingerprint density at radius 2 is 1.64 bits per heavy atom. The van der Waals surface area contributed by atoms with E-state index in [0.717, 1.165) is 12.1 Å². The van der Waals surface area contributed by atoms with Crippen molar-refractivity contribution in [3.05, 3.63) is 29.8 Å². The molecule has 0 aromatic heterocycles. The molecule has 0 aliphatic carbocycles. The highest BCUT2D eigenvalue weighted by molar-refractivity contribution is 5.96. The minimum absolute atomic E-state index is 0.123. The van der Waals surface area contributed by atoms with E-state index >= 15 is 0 Å². The second-order valence-electron chi connectivity index (χ2n) is 5.55. The number of amides is 2. The molecule has 1 rings (SSSR count). The highest BCUT2D eigenvalue weighted by Gasteiger charge is 2.31. The maximum Gasteiger partial charge on any atom is 0.573 e. The van der Waals surface area contributed by atoms with E-state index in [-0.39, 0.29) is 18.0 Å². The summed E-state index contributed by atoms with van der Waals surface area (Å²) in [5.74, 6) is -1.35. The van der Waals surface area contributed by atoms with Crippen LogP contribution >= 0.6 is 0 Å². The fourth-order valence-electron chi connectivity index (χ4n) is 1.53. The van der Waals surface area contributed by atoms with Gasteiger partial charge in [-0.1, -0.05) is 0 Å². The number of hydrogen-bond donors (Lipinski definition) is 2. The standard InChI is InChI=1S/C14H17F3N2O3/c1-13(2,3)19-11(20)8-18-12(21)9-4-6-10(7-5-9)22-14(15,16)17/h4-7H,8H2,1-3H3,(H,18,21)(H,19,20). The van der Waals surface area contributed by atoms with Crippen molar-refractivity contribution >= 4 is 11.8 Å². The number of halogens is 3. The average molecular weight is 318 g/mol. The van der Waals surface area contributed by atoms with Gasteiger partial charge < -0.3 is 15.4 Å². The van der Waals surface area contributed by atoms with E-state index in [0.29, 0.717) is 0 Å². The van der Waals surface area contributed by atoms with Crippen molar-refractivity contribution in [1.29, 1.82) is 0 Å². The molecule has 122 valence electrons. The maximum absolute atomic E-state index is 12.0. The van der Waals surface area contributed by atoms with Gasteiger partial charge in [-0.05, 0) is 45.0 Å². The number of carbonyl (C=O) groups excluding carboxylic acids is 2. The van der Waals surface area contributed by atoms with Gasteiger partial charge in [0.1, 0.15) is 5.75 Å². The molecule has 0 saturated heterocycles. The van der Waals surface area contributed by atoms with Gasteiger partial charge >= 0.3 is 6.36 Å². The summed E-state index contributed by atoms with van der Waals surface area (Å²) in [6.07, 6.45) is -4.78. The number of ether oxygens (including phenoxy) is 1. The molecule has 0 aliphatic rings. The Hall–Kier alpha value is -2.25. The smallest absolute Gasteiger partial charge is 0.406 e. The van der Waals surface area contributed by atoms with Gasteiger partial charge in [-0.15, -0.1) is 13.2 Å². The molecule has 0 heterocycles. The Morgan fingerprint density at radius 1 is 1.09 bits per heavy atom. The fourth-order valence-corrected chi connectivity index (χ4v) is 1.53. The monoisotopic (exact) mass is 318 g/mol. The van der Waals surface area contributed by atoms with Crippen LogP contribution in [0.15, 0.2) is 24.3 Å². The fraction of sp³-hybridized carbons (Fsp3) is 0.429. The molecule has 2 amide bonds. The van der Waals surface area contributed by atoms with Crippen LogP contribution in [0, 0.1) is 0 Å². The minimum atomic E-state index is -4.78. The van der Waals surface area contributed by atoms with Crippen molar-refractivity contribution in [2.75, 3.05) is 6.54 Å². The highest BCUT2D eigenvalue weighted by atomic mass is 19.4. The molecule has 0 fully saturated rings. The quantitative estimate of drug-likeness (QED) is 0.894. The van der Waals surface area contributed by atoms with Crippen molar-refractivity contribution in [2.45, 2.75) is 32.7 Å². The van der Waals surface area contributed by atoms with Crippen LogP contribution in [-0.4, -0.2) is 30.3 Å². The van der Waals surface area contributed by atoms with Crippen LogP contribution in [0.2, 0.25) is 0 Å². The molecule has 0 unspecified atom stereocenters.